The van der Waals surface area contributed by atoms with Gasteiger partial charge >= 0.3 is 5.97 Å². The van der Waals surface area contributed by atoms with Gasteiger partial charge in [0.15, 0.2) is 17.5 Å². The first kappa shape index (κ1) is 19.3. The van der Waals surface area contributed by atoms with Crippen LogP contribution in [0.4, 0.5) is 13.2 Å². The van der Waals surface area contributed by atoms with Gasteiger partial charge < -0.3 is 9.64 Å². The normalized spacial score (nSPS) is 15.5. The molecule has 1 aliphatic rings. The minimum absolute atomic E-state index is 0.0377. The van der Waals surface area contributed by atoms with Gasteiger partial charge in [-0.05, 0) is 25.0 Å². The van der Waals surface area contributed by atoms with E-state index in [1.54, 1.807) is 0 Å². The predicted octanol–water partition coefficient (Wildman–Crippen LogP) is 3.83. The molecule has 1 aliphatic carbocycles. The maximum atomic E-state index is 14.0. The van der Waals surface area contributed by atoms with E-state index in [2.05, 4.69) is 4.74 Å². The smallest absolute Gasteiger partial charge is 0.307 e. The number of nitrogens with zero attached hydrogens (tertiary/aromatic N) is 1. The number of ether oxygens (including phenoxy) is 1. The Kier molecular flexibility index (Phi) is 6.84. The Morgan fingerprint density at radius 2 is 1.72 bits per heavy atom. The molecule has 0 atom stereocenters. The summed E-state index contributed by atoms with van der Waals surface area (Å²) in [5.74, 6) is -5.73. The quantitative estimate of drug-likeness (QED) is 0.457. The van der Waals surface area contributed by atoms with E-state index in [1.165, 1.54) is 12.0 Å². The molecular formula is C18H22F3NO3. The van der Waals surface area contributed by atoms with Crippen LogP contribution in [0.5, 0.6) is 0 Å². The molecule has 0 radical (unpaired) electrons. The van der Waals surface area contributed by atoms with Gasteiger partial charge in [-0.1, -0.05) is 25.7 Å². The summed E-state index contributed by atoms with van der Waals surface area (Å²) in [7, 11) is 1.25. The van der Waals surface area contributed by atoms with Crippen LogP contribution in [0.1, 0.15) is 55.3 Å². The minimum Gasteiger partial charge on any atom is -0.469 e. The van der Waals surface area contributed by atoms with Gasteiger partial charge in [-0.25, -0.2) is 13.2 Å². The van der Waals surface area contributed by atoms with E-state index in [-0.39, 0.29) is 19.0 Å². The standard InChI is InChI=1S/C18H22F3NO3/c1-25-15(23)10-11-22(12-6-4-2-3-5-7-12)18(24)13-8-9-14(19)17(21)16(13)20/h8-9,12H,2-7,10-11H2,1H3. The molecule has 25 heavy (non-hydrogen) atoms. The van der Waals surface area contributed by atoms with Crippen molar-refractivity contribution >= 4 is 11.9 Å². The van der Waals surface area contributed by atoms with Crippen molar-refractivity contribution in [1.82, 2.24) is 4.90 Å². The van der Waals surface area contributed by atoms with E-state index in [1.807, 2.05) is 0 Å². The van der Waals surface area contributed by atoms with E-state index in [4.69, 9.17) is 0 Å². The lowest BCUT2D eigenvalue weighted by molar-refractivity contribution is -0.140. The second-order valence-electron chi connectivity index (χ2n) is 6.19. The minimum atomic E-state index is -1.67. The maximum absolute atomic E-state index is 14.0. The van der Waals surface area contributed by atoms with Gasteiger partial charge in [0.25, 0.3) is 5.91 Å². The average molecular weight is 357 g/mol. The fraction of sp³-hybridized carbons (Fsp3) is 0.556. The zero-order valence-electron chi connectivity index (χ0n) is 14.2. The average Bonchev–Trinajstić information content (AvgIpc) is 2.89. The molecule has 0 spiro atoms. The summed E-state index contributed by atoms with van der Waals surface area (Å²) >= 11 is 0. The van der Waals surface area contributed by atoms with Crippen LogP contribution in [0.3, 0.4) is 0 Å². The Morgan fingerprint density at radius 3 is 2.32 bits per heavy atom. The zero-order valence-corrected chi connectivity index (χ0v) is 14.2. The summed E-state index contributed by atoms with van der Waals surface area (Å²) in [6.45, 7) is 0.0502. The molecule has 0 aromatic heterocycles. The Labute approximate surface area is 144 Å². The van der Waals surface area contributed by atoms with Gasteiger partial charge in [-0.15, -0.1) is 0 Å². The number of hydrogen-bond acceptors (Lipinski definition) is 3. The van der Waals surface area contributed by atoms with Gasteiger partial charge in [0.1, 0.15) is 0 Å². The molecule has 1 amide bonds. The molecule has 138 valence electrons. The maximum Gasteiger partial charge on any atom is 0.307 e. The molecule has 0 heterocycles. The molecule has 0 bridgehead atoms. The van der Waals surface area contributed by atoms with Crippen molar-refractivity contribution in [3.05, 3.63) is 35.1 Å². The number of carbonyl (C=O) groups excluding carboxylic acids is 2. The van der Waals surface area contributed by atoms with Crippen molar-refractivity contribution in [2.45, 2.75) is 51.0 Å². The van der Waals surface area contributed by atoms with Crippen LogP contribution in [0.15, 0.2) is 12.1 Å². The highest BCUT2D eigenvalue weighted by Gasteiger charge is 2.29. The summed E-state index contributed by atoms with van der Waals surface area (Å²) in [5.41, 5.74) is -0.520. The van der Waals surface area contributed by atoms with Crippen molar-refractivity contribution in [3.8, 4) is 0 Å². The van der Waals surface area contributed by atoms with E-state index in [0.29, 0.717) is 0 Å². The van der Waals surface area contributed by atoms with Crippen molar-refractivity contribution in [2.24, 2.45) is 0 Å². The Balaban J connectivity index is 2.27. The lowest BCUT2D eigenvalue weighted by atomic mass is 10.0. The van der Waals surface area contributed by atoms with E-state index < -0.39 is 34.9 Å². The first-order valence-corrected chi connectivity index (χ1v) is 8.47. The van der Waals surface area contributed by atoms with Crippen LogP contribution in [-0.2, 0) is 9.53 Å². The first-order valence-electron chi connectivity index (χ1n) is 8.47. The highest BCUT2D eigenvalue weighted by Crippen LogP contribution is 2.25. The summed E-state index contributed by atoms with van der Waals surface area (Å²) in [5, 5.41) is 0. The van der Waals surface area contributed by atoms with Crippen molar-refractivity contribution < 1.29 is 27.5 Å². The lowest BCUT2D eigenvalue weighted by Crippen LogP contribution is -2.42. The topological polar surface area (TPSA) is 46.6 Å². The molecule has 1 aromatic carbocycles. The molecule has 0 N–H and O–H groups in total. The number of amides is 1. The number of esters is 1. The molecule has 1 saturated carbocycles. The number of benzene rings is 1. The number of rotatable bonds is 5. The third kappa shape index (κ3) is 4.74. The summed E-state index contributed by atoms with van der Waals surface area (Å²) in [6.07, 6.45) is 5.38. The number of methoxy groups -OCH3 is 1. The molecule has 0 saturated heterocycles. The fourth-order valence-electron chi connectivity index (χ4n) is 3.18. The monoisotopic (exact) mass is 357 g/mol. The third-order valence-corrected chi connectivity index (χ3v) is 4.58. The highest BCUT2D eigenvalue weighted by atomic mass is 19.2. The van der Waals surface area contributed by atoms with Gasteiger partial charge in [-0.2, -0.15) is 0 Å². The molecule has 4 nitrogen and oxygen atoms in total. The van der Waals surface area contributed by atoms with Crippen molar-refractivity contribution in [1.29, 1.82) is 0 Å². The molecule has 2 rings (SSSR count). The van der Waals surface area contributed by atoms with Gasteiger partial charge in [0.2, 0.25) is 0 Å². The zero-order chi connectivity index (χ0) is 18.4. The second-order valence-corrected chi connectivity index (χ2v) is 6.19. The molecular weight excluding hydrogens is 335 g/mol. The Morgan fingerprint density at radius 1 is 1.08 bits per heavy atom. The van der Waals surface area contributed by atoms with Gasteiger partial charge in [0.05, 0.1) is 19.1 Å². The molecule has 0 aliphatic heterocycles. The molecule has 1 aromatic rings. The van der Waals surface area contributed by atoms with E-state index >= 15 is 0 Å². The van der Waals surface area contributed by atoms with Gasteiger partial charge in [-0.3, -0.25) is 9.59 Å². The first-order chi connectivity index (χ1) is 12.0. The predicted molar refractivity (Wildman–Crippen MR) is 85.5 cm³/mol. The Bertz CT molecular complexity index is 628. The molecule has 0 unspecified atom stereocenters. The van der Waals surface area contributed by atoms with Crippen LogP contribution in [0.2, 0.25) is 0 Å². The molecule has 7 heteroatoms. The van der Waals surface area contributed by atoms with Crippen LogP contribution >= 0.6 is 0 Å². The van der Waals surface area contributed by atoms with E-state index in [9.17, 15) is 22.8 Å². The second kappa shape index (κ2) is 8.87. The number of carbonyl (C=O) groups is 2. The van der Waals surface area contributed by atoms with Crippen LogP contribution < -0.4 is 0 Å². The summed E-state index contributed by atoms with van der Waals surface area (Å²) in [4.78, 5) is 25.6. The van der Waals surface area contributed by atoms with Crippen LogP contribution in [0, 0.1) is 17.5 Å². The molecule has 1 fully saturated rings. The lowest BCUT2D eigenvalue weighted by Gasteiger charge is -2.31. The van der Waals surface area contributed by atoms with Crippen LogP contribution in [0.25, 0.3) is 0 Å². The summed E-state index contributed by atoms with van der Waals surface area (Å²) in [6, 6.07) is 1.52. The van der Waals surface area contributed by atoms with Crippen molar-refractivity contribution in [3.63, 3.8) is 0 Å². The Hall–Kier alpha value is -2.05. The SMILES string of the molecule is COC(=O)CCN(C(=O)c1ccc(F)c(F)c1F)C1CCCCCC1. The number of hydrogen-bond donors (Lipinski definition) is 0. The largest absolute Gasteiger partial charge is 0.469 e. The third-order valence-electron chi connectivity index (χ3n) is 4.58. The van der Waals surface area contributed by atoms with E-state index in [0.717, 1.165) is 50.7 Å². The fourth-order valence-corrected chi connectivity index (χ4v) is 3.18. The summed E-state index contributed by atoms with van der Waals surface area (Å²) < 4.78 is 45.3. The van der Waals surface area contributed by atoms with Crippen LogP contribution in [-0.4, -0.2) is 36.5 Å². The van der Waals surface area contributed by atoms with Crippen molar-refractivity contribution in [2.75, 3.05) is 13.7 Å². The van der Waals surface area contributed by atoms with Gasteiger partial charge in [0, 0.05) is 12.6 Å². The number of halogens is 3. The highest BCUT2D eigenvalue weighted by molar-refractivity contribution is 5.95.